The summed E-state index contributed by atoms with van der Waals surface area (Å²) >= 11 is 2.60. The van der Waals surface area contributed by atoms with Gasteiger partial charge in [0.25, 0.3) is 11.5 Å². The van der Waals surface area contributed by atoms with Crippen LogP contribution in [0.5, 0.6) is 0 Å². The van der Waals surface area contributed by atoms with E-state index in [1.54, 1.807) is 66.3 Å². The highest BCUT2D eigenvalue weighted by atomic mass is 32.2. The first kappa shape index (κ1) is 28.3. The van der Waals surface area contributed by atoms with E-state index in [-0.39, 0.29) is 21.6 Å². The van der Waals surface area contributed by atoms with Crippen molar-refractivity contribution in [3.8, 4) is 6.07 Å². The molecule has 14 heteroatoms. The number of nitrogens with zero attached hydrogens (tertiary/aromatic N) is 4. The molecule has 3 rings (SSSR count). The van der Waals surface area contributed by atoms with Crippen LogP contribution >= 0.6 is 23.1 Å². The Kier molecular flexibility index (Phi) is 9.41. The van der Waals surface area contributed by atoms with Crippen LogP contribution in [0.1, 0.15) is 6.92 Å². The molecular weight excluding hydrogens is 529 g/mol. The number of halogens is 3. The van der Waals surface area contributed by atoms with Crippen LogP contribution in [0.25, 0.3) is 11.8 Å². The summed E-state index contributed by atoms with van der Waals surface area (Å²) in [7, 11) is 1.68. The number of nitriles is 1. The van der Waals surface area contributed by atoms with Crippen molar-refractivity contribution in [2.24, 2.45) is 0 Å². The maximum atomic E-state index is 12.8. The summed E-state index contributed by atoms with van der Waals surface area (Å²) in [4.78, 5) is 41.3. The van der Waals surface area contributed by atoms with Gasteiger partial charge in [-0.25, -0.2) is 0 Å². The highest BCUT2D eigenvalue weighted by molar-refractivity contribution is 7.99. The fourth-order valence-corrected chi connectivity index (χ4v) is 5.51. The molecule has 1 fully saturated rings. The number of hydrogen-bond donors (Lipinski definition) is 2. The van der Waals surface area contributed by atoms with Crippen molar-refractivity contribution in [3.05, 3.63) is 43.8 Å². The smallest absolute Gasteiger partial charge is 0.360 e. The Bertz CT molecular complexity index is 1370. The van der Waals surface area contributed by atoms with Crippen molar-refractivity contribution in [1.82, 2.24) is 14.8 Å². The van der Waals surface area contributed by atoms with Gasteiger partial charge in [0.2, 0.25) is 5.91 Å². The number of thiazole rings is 1. The molecule has 1 aliphatic heterocycles. The van der Waals surface area contributed by atoms with Gasteiger partial charge in [-0.3, -0.25) is 23.9 Å². The second-order valence-electron chi connectivity index (χ2n) is 7.99. The molecule has 198 valence electrons. The summed E-state index contributed by atoms with van der Waals surface area (Å²) < 4.78 is 38.7. The Morgan fingerprint density at radius 3 is 2.70 bits per heavy atom. The molecule has 37 heavy (non-hydrogen) atoms. The zero-order valence-corrected chi connectivity index (χ0v) is 21.7. The minimum absolute atomic E-state index is 0.0399. The number of alkyl halides is 3. The molecule has 0 spiro atoms. The monoisotopic (exact) mass is 554 g/mol. The van der Waals surface area contributed by atoms with Crippen LogP contribution in [-0.4, -0.2) is 65.8 Å². The van der Waals surface area contributed by atoms with Crippen LogP contribution in [-0.2, 0) is 16.1 Å². The van der Waals surface area contributed by atoms with Gasteiger partial charge in [0.1, 0.15) is 21.8 Å². The maximum Gasteiger partial charge on any atom is 0.405 e. The average molecular weight is 555 g/mol. The number of anilines is 2. The van der Waals surface area contributed by atoms with E-state index in [0.29, 0.717) is 17.9 Å². The zero-order chi connectivity index (χ0) is 27.2. The Morgan fingerprint density at radius 1 is 1.32 bits per heavy atom. The number of thioether (sulfide) groups is 1. The summed E-state index contributed by atoms with van der Waals surface area (Å²) in [6, 6.07) is 8.61. The lowest BCUT2D eigenvalue weighted by molar-refractivity contribution is -0.135. The molecule has 1 aromatic heterocycles. The molecule has 0 radical (unpaired) electrons. The quantitative estimate of drug-likeness (QED) is 0.503. The molecule has 0 aliphatic carbocycles. The van der Waals surface area contributed by atoms with Gasteiger partial charge in [-0.05, 0) is 25.1 Å². The third-order valence-electron chi connectivity index (χ3n) is 5.39. The third-order valence-corrected chi connectivity index (χ3v) is 7.54. The molecule has 1 aliphatic rings. The molecule has 0 bridgehead atoms. The number of likely N-dealkylation sites (N-methyl/N-ethyl adjacent to an activating group) is 1. The molecule has 0 saturated carbocycles. The van der Waals surface area contributed by atoms with Crippen molar-refractivity contribution in [2.45, 2.75) is 19.6 Å². The van der Waals surface area contributed by atoms with E-state index in [9.17, 15) is 32.8 Å². The van der Waals surface area contributed by atoms with Crippen molar-refractivity contribution >= 4 is 58.1 Å². The fraction of sp³-hybridized carbons (Fsp3) is 0.391. The molecular formula is C23H25F3N6O3S2. The van der Waals surface area contributed by atoms with E-state index < -0.39 is 29.8 Å². The molecule has 0 atom stereocenters. The SMILES string of the molecule is CCn1c(=O)/c(=C\Nc2cccc(N(C)C(=O)CN3CCSC3)c2)s/c1=C(/C#N)C(=O)NCC(F)(F)F. The average Bonchev–Trinajstić information content (AvgIpc) is 3.48. The number of carbonyl (C=O) groups excluding carboxylic acids is 2. The molecule has 2 amide bonds. The van der Waals surface area contributed by atoms with E-state index in [0.717, 1.165) is 34.1 Å². The molecule has 1 aromatic carbocycles. The van der Waals surface area contributed by atoms with Crippen LogP contribution in [0.3, 0.4) is 0 Å². The largest absolute Gasteiger partial charge is 0.405 e. The number of benzene rings is 1. The van der Waals surface area contributed by atoms with Crippen molar-refractivity contribution in [3.63, 3.8) is 0 Å². The van der Waals surface area contributed by atoms with Crippen LogP contribution in [0.2, 0.25) is 0 Å². The van der Waals surface area contributed by atoms with E-state index in [1.807, 2.05) is 0 Å². The van der Waals surface area contributed by atoms with E-state index >= 15 is 0 Å². The van der Waals surface area contributed by atoms with Gasteiger partial charge < -0.3 is 15.5 Å². The van der Waals surface area contributed by atoms with Gasteiger partial charge in [-0.2, -0.15) is 18.4 Å². The van der Waals surface area contributed by atoms with Gasteiger partial charge in [-0.15, -0.1) is 23.1 Å². The summed E-state index contributed by atoms with van der Waals surface area (Å²) in [6.45, 7) is 1.32. The molecule has 2 heterocycles. The van der Waals surface area contributed by atoms with Crippen LogP contribution < -0.4 is 30.3 Å². The summed E-state index contributed by atoms with van der Waals surface area (Å²) in [5.74, 6) is 0.558. The standard InChI is InChI=1S/C23H25F3N6O3S2/c1-3-32-21(35)18(37-22(32)17(10-27)20(34)29-13-23(24,25)26)11-28-15-5-4-6-16(9-15)30(2)19(33)12-31-7-8-36-14-31/h4-6,9,11,28H,3,7-8,12-14H2,1-2H3,(H,29,34)/b18-11+,22-17-. The summed E-state index contributed by atoms with van der Waals surface area (Å²) in [6.07, 6.45) is -3.24. The topological polar surface area (TPSA) is 110 Å². The highest BCUT2D eigenvalue weighted by Gasteiger charge is 2.29. The van der Waals surface area contributed by atoms with Gasteiger partial charge in [0.15, 0.2) is 5.57 Å². The van der Waals surface area contributed by atoms with Crippen LogP contribution in [0.4, 0.5) is 24.5 Å². The fourth-order valence-electron chi connectivity index (χ4n) is 3.43. The number of nitrogens with one attached hydrogen (secondary N) is 2. The summed E-state index contributed by atoms with van der Waals surface area (Å²) in [5.41, 5.74) is 0.151. The lowest BCUT2D eigenvalue weighted by Gasteiger charge is -2.21. The first-order valence-electron chi connectivity index (χ1n) is 11.2. The molecule has 1 saturated heterocycles. The molecule has 2 aromatic rings. The van der Waals surface area contributed by atoms with Crippen LogP contribution in [0, 0.1) is 11.3 Å². The van der Waals surface area contributed by atoms with Gasteiger partial charge in [-0.1, -0.05) is 6.07 Å². The van der Waals surface area contributed by atoms with Crippen LogP contribution in [0.15, 0.2) is 29.1 Å². The third kappa shape index (κ3) is 7.37. The Morgan fingerprint density at radius 2 is 2.08 bits per heavy atom. The minimum Gasteiger partial charge on any atom is -0.360 e. The second kappa shape index (κ2) is 12.3. The Balaban J connectivity index is 1.86. The van der Waals surface area contributed by atoms with E-state index in [2.05, 4.69) is 10.2 Å². The lowest BCUT2D eigenvalue weighted by atomic mass is 10.2. The van der Waals surface area contributed by atoms with E-state index in [1.165, 1.54) is 6.20 Å². The zero-order valence-electron chi connectivity index (χ0n) is 20.1. The predicted molar refractivity (Wildman–Crippen MR) is 138 cm³/mol. The molecule has 0 unspecified atom stereocenters. The molecule has 2 N–H and O–H groups in total. The number of rotatable bonds is 8. The highest BCUT2D eigenvalue weighted by Crippen LogP contribution is 2.20. The Labute approximate surface area is 218 Å². The van der Waals surface area contributed by atoms with E-state index in [4.69, 9.17) is 0 Å². The first-order valence-corrected chi connectivity index (χ1v) is 13.1. The van der Waals surface area contributed by atoms with Crippen molar-refractivity contribution < 1.29 is 22.8 Å². The van der Waals surface area contributed by atoms with Gasteiger partial charge >= 0.3 is 6.18 Å². The van der Waals surface area contributed by atoms with Crippen molar-refractivity contribution in [1.29, 1.82) is 5.26 Å². The molecule has 9 nitrogen and oxygen atoms in total. The maximum absolute atomic E-state index is 12.8. The number of hydrogen-bond acceptors (Lipinski definition) is 8. The second-order valence-corrected chi connectivity index (χ2v) is 10.1. The lowest BCUT2D eigenvalue weighted by Crippen LogP contribution is -2.37. The van der Waals surface area contributed by atoms with Gasteiger partial charge in [0.05, 0.1) is 6.54 Å². The number of aromatic nitrogens is 1. The summed E-state index contributed by atoms with van der Waals surface area (Å²) in [5, 5.41) is 14.1. The predicted octanol–water partition coefficient (Wildman–Crippen LogP) is 1.10. The number of carbonyl (C=O) groups is 2. The van der Waals surface area contributed by atoms with Crippen molar-refractivity contribution in [2.75, 3.05) is 48.5 Å². The normalized spacial score (nSPS) is 15.3. The number of amides is 2. The Hall–Kier alpha value is -3.28. The minimum atomic E-state index is -4.64. The van der Waals surface area contributed by atoms with Gasteiger partial charge in [0, 0.05) is 49.3 Å². The first-order chi connectivity index (χ1) is 17.5.